The molecule has 1 unspecified atom stereocenters. The number of aliphatic hydroxyl groups excluding tert-OH is 1. The van der Waals surface area contributed by atoms with E-state index in [0.29, 0.717) is 59.3 Å². The van der Waals surface area contributed by atoms with Gasteiger partial charge in [-0.1, -0.05) is 19.9 Å². The molecule has 0 saturated carbocycles. The number of aromatic nitrogens is 2. The molecule has 3 aromatic rings. The molecule has 3 atom stereocenters. The third-order valence-electron chi connectivity index (χ3n) is 10.1. The van der Waals surface area contributed by atoms with Gasteiger partial charge in [0.2, 0.25) is 0 Å². The zero-order chi connectivity index (χ0) is 40.5. The number of amides is 2. The highest BCUT2D eigenvalue weighted by atomic mass is 19.4. The van der Waals surface area contributed by atoms with Crippen LogP contribution in [-0.2, 0) is 32.0 Å². The summed E-state index contributed by atoms with van der Waals surface area (Å²) in [4.78, 5) is 44.7. The normalized spacial score (nSPS) is 18.5. The van der Waals surface area contributed by atoms with E-state index in [1.165, 1.54) is 16.7 Å². The molecular weight excluding hydrogens is 721 g/mol. The highest BCUT2D eigenvalue weighted by Crippen LogP contribution is 2.43. The molecule has 13 nitrogen and oxygen atoms in total. The Kier molecular flexibility index (Phi) is 12.5. The second-order valence-electron chi connectivity index (χ2n) is 16.4. The van der Waals surface area contributed by atoms with Gasteiger partial charge in [0.1, 0.15) is 24.2 Å². The number of rotatable bonds is 13. The molecule has 2 aromatic heterocycles. The fourth-order valence-electron chi connectivity index (χ4n) is 7.25. The number of pyridine rings is 1. The van der Waals surface area contributed by atoms with E-state index in [9.17, 15) is 37.8 Å². The van der Waals surface area contributed by atoms with Gasteiger partial charge in [-0.25, -0.2) is 10.2 Å². The number of ether oxygens (including phenoxy) is 2. The number of nitrogens with zero attached hydrogens (tertiary/aromatic N) is 4. The van der Waals surface area contributed by atoms with Crippen molar-refractivity contribution in [3.63, 3.8) is 0 Å². The van der Waals surface area contributed by atoms with E-state index < -0.39 is 59.9 Å². The Balaban J connectivity index is 1.48. The number of carbonyl (C=O) groups excluding carboxylic acids is 2. The van der Waals surface area contributed by atoms with Crippen molar-refractivity contribution < 1.29 is 47.2 Å². The molecule has 2 saturated heterocycles. The Bertz CT molecular complexity index is 1870. The summed E-state index contributed by atoms with van der Waals surface area (Å²) in [5.74, 6) is -1.61. The average molecular weight is 775 g/mol. The summed E-state index contributed by atoms with van der Waals surface area (Å²) in [6, 6.07) is 6.93. The number of carboxylic acid groups (broad SMARTS) is 1. The van der Waals surface area contributed by atoms with Crippen LogP contribution < -0.4 is 10.7 Å². The first-order valence-corrected chi connectivity index (χ1v) is 18.5. The third kappa shape index (κ3) is 10.1. The number of carbonyl (C=O) groups is 3. The maximum Gasteiger partial charge on any atom is 0.408 e. The van der Waals surface area contributed by atoms with Crippen LogP contribution in [0, 0.1) is 5.41 Å². The Morgan fingerprint density at radius 3 is 2.44 bits per heavy atom. The molecule has 2 aliphatic heterocycles. The number of alkyl carbamates (subject to hydrolysis) is 1. The fraction of sp³-hybridized carbons (Fsp3) is 0.590. The Morgan fingerprint density at radius 2 is 1.82 bits per heavy atom. The summed E-state index contributed by atoms with van der Waals surface area (Å²) in [6.07, 6.45) is -3.13. The summed E-state index contributed by atoms with van der Waals surface area (Å²) < 4.78 is 55.2. The van der Waals surface area contributed by atoms with Crippen LogP contribution in [-0.4, -0.2) is 111 Å². The number of hydrogen-bond acceptors (Lipinski definition) is 9. The topological polar surface area (TPSA) is 158 Å². The molecule has 0 radical (unpaired) electrons. The van der Waals surface area contributed by atoms with Crippen LogP contribution in [0.4, 0.5) is 18.0 Å². The second kappa shape index (κ2) is 16.5. The van der Waals surface area contributed by atoms with Crippen molar-refractivity contribution in [2.45, 2.75) is 103 Å². The third-order valence-corrected chi connectivity index (χ3v) is 10.1. The maximum absolute atomic E-state index is 14.3. The van der Waals surface area contributed by atoms with Crippen LogP contribution >= 0.6 is 0 Å². The zero-order valence-corrected chi connectivity index (χ0v) is 32.5. The highest BCUT2D eigenvalue weighted by molar-refractivity contribution is 5.93. The van der Waals surface area contributed by atoms with Crippen LogP contribution in [0.25, 0.3) is 22.2 Å². The molecule has 302 valence electrons. The van der Waals surface area contributed by atoms with Crippen molar-refractivity contribution in [1.82, 2.24) is 30.2 Å². The number of nitrogens with one attached hydrogen (secondary N) is 2. The highest BCUT2D eigenvalue weighted by Gasteiger charge is 2.39. The molecule has 55 heavy (non-hydrogen) atoms. The van der Waals surface area contributed by atoms with Crippen molar-refractivity contribution in [3.8, 4) is 11.3 Å². The van der Waals surface area contributed by atoms with Gasteiger partial charge in [0, 0.05) is 68.5 Å². The molecule has 4 heterocycles. The van der Waals surface area contributed by atoms with Crippen LogP contribution in [0.5, 0.6) is 0 Å². The monoisotopic (exact) mass is 774 g/mol. The van der Waals surface area contributed by atoms with Gasteiger partial charge >= 0.3 is 18.2 Å². The molecule has 2 aliphatic rings. The van der Waals surface area contributed by atoms with Crippen LogP contribution in [0.3, 0.4) is 0 Å². The van der Waals surface area contributed by atoms with Crippen molar-refractivity contribution >= 4 is 28.9 Å². The summed E-state index contributed by atoms with van der Waals surface area (Å²) in [7, 11) is 1.52. The molecule has 0 aliphatic carbocycles. The standard InChI is InChI=1S/C39H53F3N6O7/c1-23(54-7)32-26(10-8-14-43-32)33-28(17-38(5,6)22-49)27-16-24(12-13-31(27)47(33)21-39(40,41)42)25-18-46(19-25)20-30(44-36(53)55-37(2,3)4)34(50)48-15-9-11-29(45-48)35(51)52/h8,10,12-14,16,23,25,29-30,45,49H,9,11,15,17-22H2,1-7H3,(H,44,53)(H,51,52)/t23-,29-,30?/m0/s1. The number of hydrazine groups is 1. The average Bonchev–Trinajstić information content (AvgIpc) is 3.37. The lowest BCUT2D eigenvalue weighted by Gasteiger charge is -2.42. The molecule has 2 amide bonds. The number of halogens is 3. The summed E-state index contributed by atoms with van der Waals surface area (Å²) in [5, 5.41) is 24.4. The molecule has 0 spiro atoms. The predicted molar refractivity (Wildman–Crippen MR) is 199 cm³/mol. The van der Waals surface area contributed by atoms with E-state index in [1.807, 2.05) is 30.9 Å². The van der Waals surface area contributed by atoms with Gasteiger partial charge in [-0.15, -0.1) is 0 Å². The predicted octanol–water partition coefficient (Wildman–Crippen LogP) is 5.41. The Labute approximate surface area is 319 Å². The van der Waals surface area contributed by atoms with Crippen molar-refractivity contribution in [3.05, 3.63) is 53.3 Å². The minimum Gasteiger partial charge on any atom is -0.480 e. The van der Waals surface area contributed by atoms with E-state index in [4.69, 9.17) is 9.47 Å². The van der Waals surface area contributed by atoms with Crippen LogP contribution in [0.15, 0.2) is 36.5 Å². The quantitative estimate of drug-likeness (QED) is 0.177. The molecule has 0 bridgehead atoms. The van der Waals surface area contributed by atoms with E-state index in [0.717, 1.165) is 5.56 Å². The smallest absolute Gasteiger partial charge is 0.408 e. The molecule has 16 heteroatoms. The van der Waals surface area contributed by atoms with Gasteiger partial charge in [0.15, 0.2) is 0 Å². The number of alkyl halides is 3. The van der Waals surface area contributed by atoms with Gasteiger partial charge in [0.25, 0.3) is 5.91 Å². The number of likely N-dealkylation sites (tertiary alicyclic amines) is 1. The SMILES string of the molecule is CO[C@@H](C)c1ncccc1-c1c(CC(C)(C)CO)c2cc(C3CN(CC(NC(=O)OC(C)(C)C)C(=O)N4CCC[C@@H](C(=O)O)N4)C3)ccc2n1CC(F)(F)F. The van der Waals surface area contributed by atoms with Gasteiger partial charge in [-0.05, 0) is 87.8 Å². The maximum atomic E-state index is 14.3. The lowest BCUT2D eigenvalue weighted by Crippen LogP contribution is -2.63. The fourth-order valence-corrected chi connectivity index (χ4v) is 7.25. The first-order chi connectivity index (χ1) is 25.7. The molecule has 4 N–H and O–H groups in total. The summed E-state index contributed by atoms with van der Waals surface area (Å²) in [6.45, 7) is 10.6. The van der Waals surface area contributed by atoms with Crippen molar-refractivity contribution in [2.24, 2.45) is 5.41 Å². The molecule has 5 rings (SSSR count). The molecule has 1 aromatic carbocycles. The lowest BCUT2D eigenvalue weighted by atomic mass is 9.83. The van der Waals surface area contributed by atoms with Gasteiger partial charge in [-0.3, -0.25) is 24.5 Å². The van der Waals surface area contributed by atoms with Crippen LogP contribution in [0.1, 0.15) is 83.2 Å². The van der Waals surface area contributed by atoms with Gasteiger partial charge < -0.3 is 29.6 Å². The minimum atomic E-state index is -4.54. The van der Waals surface area contributed by atoms with Gasteiger partial charge in [-0.2, -0.15) is 13.2 Å². The van der Waals surface area contributed by atoms with Gasteiger partial charge in [0.05, 0.1) is 17.5 Å². The van der Waals surface area contributed by atoms with Crippen molar-refractivity contribution in [2.75, 3.05) is 39.9 Å². The van der Waals surface area contributed by atoms with E-state index in [1.54, 1.807) is 52.1 Å². The number of benzene rings is 1. The number of fused-ring (bicyclic) bond motifs is 1. The first-order valence-electron chi connectivity index (χ1n) is 18.5. The second-order valence-corrected chi connectivity index (χ2v) is 16.4. The summed E-state index contributed by atoms with van der Waals surface area (Å²) in [5.41, 5.74) is 4.62. The number of carboxylic acids is 1. The number of aliphatic carboxylic acids is 1. The number of hydrogen-bond donors (Lipinski definition) is 4. The minimum absolute atomic E-state index is 0.0400. The first kappa shape index (κ1) is 41.9. The zero-order valence-electron chi connectivity index (χ0n) is 32.5. The van der Waals surface area contributed by atoms with E-state index in [-0.39, 0.29) is 32.0 Å². The Morgan fingerprint density at radius 1 is 1.11 bits per heavy atom. The lowest BCUT2D eigenvalue weighted by molar-refractivity contribution is -0.148. The number of aliphatic hydroxyl groups is 1. The van der Waals surface area contributed by atoms with E-state index in [2.05, 4.69) is 15.7 Å². The van der Waals surface area contributed by atoms with Crippen molar-refractivity contribution in [1.29, 1.82) is 0 Å². The molecule has 2 fully saturated rings. The largest absolute Gasteiger partial charge is 0.480 e. The Hall–Kier alpha value is -4.25. The molecular formula is C39H53F3N6O7. The summed E-state index contributed by atoms with van der Waals surface area (Å²) >= 11 is 0. The number of methoxy groups -OCH3 is 1. The van der Waals surface area contributed by atoms with Crippen LogP contribution in [0.2, 0.25) is 0 Å². The van der Waals surface area contributed by atoms with E-state index >= 15 is 0 Å².